The number of carboxylic acid groups (broad SMARTS) is 1. The largest absolute Gasteiger partial charge is 0.506 e. The van der Waals surface area contributed by atoms with Crippen molar-refractivity contribution in [2.45, 2.75) is 25.7 Å². The minimum atomic E-state index is -1.41. The Morgan fingerprint density at radius 3 is 2.71 bits per heavy atom. The molecular weight excluding hydrogens is 382 g/mol. The van der Waals surface area contributed by atoms with E-state index in [0.29, 0.717) is 17.7 Å². The SMILES string of the molecule is Cl.O=C(O)c1c(O)c2c([nH]c1=O)-c1ccc(N3CCCNCC3)cc1CCC2. The number of nitrogens with one attached hydrogen (secondary N) is 2. The van der Waals surface area contributed by atoms with Crippen LogP contribution in [0.1, 0.15) is 34.3 Å². The zero-order valence-corrected chi connectivity index (χ0v) is 16.3. The van der Waals surface area contributed by atoms with Crippen LogP contribution in [0, 0.1) is 0 Å². The second kappa shape index (κ2) is 8.24. The minimum absolute atomic E-state index is 0. The number of aromatic carboxylic acids is 1. The maximum Gasteiger partial charge on any atom is 0.345 e. The predicted molar refractivity (Wildman–Crippen MR) is 110 cm³/mol. The van der Waals surface area contributed by atoms with Crippen LogP contribution in [0.15, 0.2) is 23.0 Å². The highest BCUT2D eigenvalue weighted by Crippen LogP contribution is 2.37. The number of carboxylic acids is 1. The molecule has 4 N–H and O–H groups in total. The summed E-state index contributed by atoms with van der Waals surface area (Å²) < 4.78 is 0. The van der Waals surface area contributed by atoms with Gasteiger partial charge in [0.25, 0.3) is 5.56 Å². The lowest BCUT2D eigenvalue weighted by Gasteiger charge is -2.24. The summed E-state index contributed by atoms with van der Waals surface area (Å²) in [5, 5.41) is 23.0. The highest BCUT2D eigenvalue weighted by atomic mass is 35.5. The van der Waals surface area contributed by atoms with Crippen molar-refractivity contribution in [2.24, 2.45) is 0 Å². The van der Waals surface area contributed by atoms with E-state index < -0.39 is 22.8 Å². The number of aromatic hydroxyl groups is 1. The standard InChI is InChI=1S/C20H23N3O4.ClH/c24-18-15-4-1-3-12-11-13(23-9-2-7-21-8-10-23)5-6-14(12)17(15)22-19(25)16(18)20(26)27;/h5-6,11,21H,1-4,7-10H2,(H,26,27)(H2,22,24,25);1H. The van der Waals surface area contributed by atoms with Gasteiger partial charge in [-0.05, 0) is 49.9 Å². The lowest BCUT2D eigenvalue weighted by molar-refractivity contribution is 0.0691. The van der Waals surface area contributed by atoms with E-state index in [1.807, 2.05) is 12.1 Å². The monoisotopic (exact) mass is 405 g/mol. The number of H-pyrrole nitrogens is 1. The quantitative estimate of drug-likeness (QED) is 0.610. The minimum Gasteiger partial charge on any atom is -0.506 e. The molecule has 0 unspecified atom stereocenters. The molecule has 1 aliphatic carbocycles. The molecule has 2 aliphatic rings. The smallest absolute Gasteiger partial charge is 0.345 e. The maximum atomic E-state index is 12.2. The molecule has 0 atom stereocenters. The molecule has 2 heterocycles. The molecule has 1 aliphatic heterocycles. The fourth-order valence-corrected chi connectivity index (χ4v) is 4.09. The normalized spacial score (nSPS) is 16.2. The molecule has 1 aromatic carbocycles. The van der Waals surface area contributed by atoms with Crippen LogP contribution in [-0.4, -0.2) is 47.3 Å². The molecule has 1 saturated heterocycles. The molecule has 2 aromatic rings. The van der Waals surface area contributed by atoms with Crippen LogP contribution in [-0.2, 0) is 12.8 Å². The summed E-state index contributed by atoms with van der Waals surface area (Å²) in [5.74, 6) is -1.82. The fraction of sp³-hybridized carbons (Fsp3) is 0.400. The van der Waals surface area contributed by atoms with Crippen LogP contribution in [0.3, 0.4) is 0 Å². The van der Waals surface area contributed by atoms with E-state index in [1.165, 1.54) is 0 Å². The Bertz CT molecular complexity index is 949. The molecule has 7 nitrogen and oxygen atoms in total. The molecule has 1 aromatic heterocycles. The number of aromatic nitrogens is 1. The summed E-state index contributed by atoms with van der Waals surface area (Å²) in [6, 6.07) is 6.18. The number of hydrogen-bond donors (Lipinski definition) is 4. The van der Waals surface area contributed by atoms with E-state index in [2.05, 4.69) is 21.3 Å². The summed E-state index contributed by atoms with van der Waals surface area (Å²) in [6.07, 6.45) is 3.21. The van der Waals surface area contributed by atoms with E-state index in [1.54, 1.807) is 0 Å². The highest BCUT2D eigenvalue weighted by Gasteiger charge is 2.25. The van der Waals surface area contributed by atoms with E-state index in [-0.39, 0.29) is 12.4 Å². The first kappa shape index (κ1) is 20.2. The number of anilines is 1. The number of fused-ring (bicyclic) bond motifs is 3. The number of carbonyl (C=O) groups is 1. The highest BCUT2D eigenvalue weighted by molar-refractivity contribution is 5.92. The van der Waals surface area contributed by atoms with Gasteiger partial charge in [-0.15, -0.1) is 12.4 Å². The Hall–Kier alpha value is -2.51. The van der Waals surface area contributed by atoms with Crippen LogP contribution in [0.25, 0.3) is 11.3 Å². The molecule has 0 saturated carbocycles. The summed E-state index contributed by atoms with van der Waals surface area (Å²) in [5.41, 5.74) is 2.84. The molecule has 0 amide bonds. The Labute approximate surface area is 168 Å². The van der Waals surface area contributed by atoms with Crippen LogP contribution < -0.4 is 15.8 Å². The van der Waals surface area contributed by atoms with Crippen molar-refractivity contribution in [1.82, 2.24) is 10.3 Å². The molecular formula is C20H24ClN3O4. The number of rotatable bonds is 2. The van der Waals surface area contributed by atoms with E-state index in [0.717, 1.165) is 62.3 Å². The van der Waals surface area contributed by atoms with Crippen LogP contribution in [0.2, 0.25) is 0 Å². The molecule has 0 spiro atoms. The molecule has 150 valence electrons. The van der Waals surface area contributed by atoms with Crippen molar-refractivity contribution in [2.75, 3.05) is 31.1 Å². The molecule has 0 radical (unpaired) electrons. The van der Waals surface area contributed by atoms with E-state index in [9.17, 15) is 19.8 Å². The van der Waals surface area contributed by atoms with Gasteiger partial charge in [-0.2, -0.15) is 0 Å². The second-order valence-electron chi connectivity index (χ2n) is 7.12. The Balaban J connectivity index is 0.00000225. The van der Waals surface area contributed by atoms with Gasteiger partial charge in [-0.25, -0.2) is 4.79 Å². The molecule has 1 fully saturated rings. The zero-order chi connectivity index (χ0) is 19.0. The lowest BCUT2D eigenvalue weighted by Crippen LogP contribution is -2.27. The van der Waals surface area contributed by atoms with Crippen LogP contribution >= 0.6 is 12.4 Å². The van der Waals surface area contributed by atoms with Crippen molar-refractivity contribution in [3.63, 3.8) is 0 Å². The van der Waals surface area contributed by atoms with E-state index >= 15 is 0 Å². The third-order valence-electron chi connectivity index (χ3n) is 5.44. The third-order valence-corrected chi connectivity index (χ3v) is 5.44. The van der Waals surface area contributed by atoms with Crippen LogP contribution in [0.4, 0.5) is 5.69 Å². The molecule has 4 rings (SSSR count). The summed E-state index contributed by atoms with van der Waals surface area (Å²) in [4.78, 5) is 28.6. The molecule has 28 heavy (non-hydrogen) atoms. The van der Waals surface area contributed by atoms with Gasteiger partial charge in [-0.1, -0.05) is 6.07 Å². The Morgan fingerprint density at radius 2 is 1.93 bits per heavy atom. The number of hydrogen-bond acceptors (Lipinski definition) is 5. The first-order valence-corrected chi connectivity index (χ1v) is 9.36. The first-order chi connectivity index (χ1) is 13.1. The predicted octanol–water partition coefficient (Wildman–Crippen LogP) is 2.16. The summed E-state index contributed by atoms with van der Waals surface area (Å²) >= 11 is 0. The maximum absolute atomic E-state index is 12.2. The number of aryl methyl sites for hydroxylation is 1. The Morgan fingerprint density at radius 1 is 1.11 bits per heavy atom. The Kier molecular flexibility index (Phi) is 5.96. The van der Waals surface area contributed by atoms with Crippen molar-refractivity contribution < 1.29 is 15.0 Å². The number of nitrogens with zero attached hydrogens (tertiary/aromatic N) is 1. The van der Waals surface area contributed by atoms with Gasteiger partial charge >= 0.3 is 5.97 Å². The number of halogens is 1. The van der Waals surface area contributed by atoms with Gasteiger partial charge in [0.2, 0.25) is 0 Å². The first-order valence-electron chi connectivity index (χ1n) is 9.36. The number of aromatic amines is 1. The van der Waals surface area contributed by atoms with Gasteiger partial charge in [0.15, 0.2) is 5.56 Å². The van der Waals surface area contributed by atoms with E-state index in [4.69, 9.17) is 0 Å². The molecule has 0 bridgehead atoms. The average Bonchev–Trinajstić information content (AvgIpc) is 3.00. The number of pyridine rings is 1. The van der Waals surface area contributed by atoms with Crippen LogP contribution in [0.5, 0.6) is 5.75 Å². The average molecular weight is 406 g/mol. The topological polar surface area (TPSA) is 106 Å². The molecule has 8 heteroatoms. The number of benzene rings is 1. The van der Waals surface area contributed by atoms with Crippen molar-refractivity contribution in [3.8, 4) is 17.0 Å². The lowest BCUT2D eigenvalue weighted by atomic mass is 9.99. The van der Waals surface area contributed by atoms with Crippen molar-refractivity contribution in [3.05, 3.63) is 45.2 Å². The third kappa shape index (κ3) is 3.59. The van der Waals surface area contributed by atoms with Gasteiger partial charge in [0.05, 0.1) is 5.69 Å². The summed E-state index contributed by atoms with van der Waals surface area (Å²) in [6.45, 7) is 3.94. The van der Waals surface area contributed by atoms with Gasteiger partial charge in [-0.3, -0.25) is 4.79 Å². The van der Waals surface area contributed by atoms with Gasteiger partial charge in [0, 0.05) is 36.4 Å². The summed E-state index contributed by atoms with van der Waals surface area (Å²) in [7, 11) is 0. The van der Waals surface area contributed by atoms with Gasteiger partial charge in [0.1, 0.15) is 5.75 Å². The van der Waals surface area contributed by atoms with Gasteiger partial charge < -0.3 is 25.4 Å². The van der Waals surface area contributed by atoms with Crippen molar-refractivity contribution in [1.29, 1.82) is 0 Å². The van der Waals surface area contributed by atoms with Crippen molar-refractivity contribution >= 4 is 24.1 Å². The second-order valence-corrected chi connectivity index (χ2v) is 7.12. The zero-order valence-electron chi connectivity index (χ0n) is 15.5. The fourth-order valence-electron chi connectivity index (χ4n) is 4.09.